The highest BCUT2D eigenvalue weighted by atomic mass is 16.5. The van der Waals surface area contributed by atoms with E-state index in [0.717, 1.165) is 58.1 Å². The Bertz CT molecular complexity index is 385. The Labute approximate surface area is 151 Å². The molecule has 0 aromatic heterocycles. The second-order valence-electron chi connectivity index (χ2n) is 5.92. The molecule has 0 atom stereocenters. The van der Waals surface area contributed by atoms with Gasteiger partial charge in [0.25, 0.3) is 0 Å². The van der Waals surface area contributed by atoms with Crippen molar-refractivity contribution in [2.45, 2.75) is 32.3 Å². The molecule has 0 aliphatic carbocycles. The zero-order valence-corrected chi connectivity index (χ0v) is 15.9. The van der Waals surface area contributed by atoms with Gasteiger partial charge in [-0.15, -0.1) is 0 Å². The van der Waals surface area contributed by atoms with Gasteiger partial charge in [0.05, 0.1) is 12.7 Å². The second-order valence-corrected chi connectivity index (χ2v) is 5.92. The molecule has 1 fully saturated rings. The summed E-state index contributed by atoms with van der Waals surface area (Å²) in [6.07, 6.45) is 3.17. The summed E-state index contributed by atoms with van der Waals surface area (Å²) in [6.45, 7) is 7.19. The predicted molar refractivity (Wildman–Crippen MR) is 97.9 cm³/mol. The number of amides is 1. The van der Waals surface area contributed by atoms with Crippen LogP contribution in [0.3, 0.4) is 0 Å². The average Bonchev–Trinajstić information content (AvgIpc) is 2.63. The number of guanidine groups is 1. The van der Waals surface area contributed by atoms with Crippen LogP contribution in [0, 0.1) is 0 Å². The maximum Gasteiger partial charge on any atom is 0.241 e. The van der Waals surface area contributed by atoms with Gasteiger partial charge in [-0.2, -0.15) is 0 Å². The van der Waals surface area contributed by atoms with E-state index < -0.39 is 0 Å². The van der Waals surface area contributed by atoms with Gasteiger partial charge in [0.2, 0.25) is 5.91 Å². The van der Waals surface area contributed by atoms with Crippen molar-refractivity contribution in [3.63, 3.8) is 0 Å². The number of rotatable bonds is 11. The van der Waals surface area contributed by atoms with Gasteiger partial charge in [0.15, 0.2) is 5.96 Å². The van der Waals surface area contributed by atoms with E-state index in [1.54, 1.807) is 14.2 Å². The first kappa shape index (κ1) is 21.7. The van der Waals surface area contributed by atoms with Crippen molar-refractivity contribution >= 4 is 11.9 Å². The quantitative estimate of drug-likeness (QED) is 0.313. The van der Waals surface area contributed by atoms with Crippen LogP contribution < -0.4 is 10.6 Å². The van der Waals surface area contributed by atoms with E-state index in [2.05, 4.69) is 20.5 Å². The minimum absolute atomic E-state index is 0.0937. The number of hydrogen-bond donors (Lipinski definition) is 2. The normalized spacial score (nSPS) is 16.1. The lowest BCUT2D eigenvalue weighted by atomic mass is 10.1. The van der Waals surface area contributed by atoms with Gasteiger partial charge in [0, 0.05) is 53.6 Å². The Kier molecular flexibility index (Phi) is 12.0. The summed E-state index contributed by atoms with van der Waals surface area (Å²) in [4.78, 5) is 18.4. The molecule has 8 nitrogen and oxygen atoms in total. The Hall–Kier alpha value is -1.38. The highest BCUT2D eigenvalue weighted by molar-refractivity contribution is 5.85. The van der Waals surface area contributed by atoms with Crippen LogP contribution in [0.15, 0.2) is 4.99 Å². The van der Waals surface area contributed by atoms with Gasteiger partial charge in [0.1, 0.15) is 6.54 Å². The number of likely N-dealkylation sites (tertiary alicyclic amines) is 1. The molecule has 0 aromatic rings. The molecule has 1 heterocycles. The molecule has 146 valence electrons. The van der Waals surface area contributed by atoms with Crippen LogP contribution in [0.4, 0.5) is 0 Å². The van der Waals surface area contributed by atoms with E-state index >= 15 is 0 Å². The molecule has 0 bridgehead atoms. The number of carbonyl (C=O) groups is 1. The van der Waals surface area contributed by atoms with Gasteiger partial charge < -0.3 is 29.7 Å². The molecule has 8 heteroatoms. The largest absolute Gasteiger partial charge is 0.385 e. The summed E-state index contributed by atoms with van der Waals surface area (Å²) in [5.74, 6) is 0.700. The van der Waals surface area contributed by atoms with E-state index in [1.807, 2.05) is 6.92 Å². The smallest absolute Gasteiger partial charge is 0.241 e. The van der Waals surface area contributed by atoms with Crippen molar-refractivity contribution in [2.75, 3.05) is 66.8 Å². The minimum atomic E-state index is -0.0937. The molecule has 1 aliphatic heterocycles. The third kappa shape index (κ3) is 9.62. The molecule has 0 unspecified atom stereocenters. The molecular formula is C17H34N4O4. The second kappa shape index (κ2) is 13.9. The van der Waals surface area contributed by atoms with Gasteiger partial charge in [-0.3, -0.25) is 4.79 Å². The van der Waals surface area contributed by atoms with E-state index in [9.17, 15) is 4.79 Å². The fraction of sp³-hybridized carbons (Fsp3) is 0.882. The van der Waals surface area contributed by atoms with Crippen molar-refractivity contribution in [1.29, 1.82) is 0 Å². The lowest BCUT2D eigenvalue weighted by Gasteiger charge is -2.34. The molecular weight excluding hydrogens is 324 g/mol. The number of piperidine rings is 1. The summed E-state index contributed by atoms with van der Waals surface area (Å²) in [5, 5.41) is 6.04. The first-order valence-electron chi connectivity index (χ1n) is 9.10. The van der Waals surface area contributed by atoms with Crippen molar-refractivity contribution in [2.24, 2.45) is 4.99 Å². The molecule has 25 heavy (non-hydrogen) atoms. The lowest BCUT2D eigenvalue weighted by molar-refractivity contribution is -0.119. The van der Waals surface area contributed by atoms with Crippen LogP contribution in [0.25, 0.3) is 0 Å². The van der Waals surface area contributed by atoms with Crippen LogP contribution in [-0.4, -0.2) is 89.6 Å². The number of nitrogens with zero attached hydrogens (tertiary/aromatic N) is 2. The number of hydrogen-bond acceptors (Lipinski definition) is 5. The van der Waals surface area contributed by atoms with E-state index in [-0.39, 0.29) is 12.5 Å². The highest BCUT2D eigenvalue weighted by Crippen LogP contribution is 2.14. The number of carbonyl (C=O) groups excluding carboxylic acids is 1. The molecule has 1 amide bonds. The van der Waals surface area contributed by atoms with Crippen molar-refractivity contribution < 1.29 is 19.0 Å². The van der Waals surface area contributed by atoms with E-state index in [0.29, 0.717) is 19.3 Å². The van der Waals surface area contributed by atoms with Crippen molar-refractivity contribution in [1.82, 2.24) is 15.5 Å². The molecule has 0 saturated carbocycles. The Morgan fingerprint density at radius 1 is 1.12 bits per heavy atom. The first-order chi connectivity index (χ1) is 12.2. The van der Waals surface area contributed by atoms with Crippen LogP contribution >= 0.6 is 0 Å². The SMILES string of the molecule is CCNC(=NCC(=O)NCCOC)N1CCC(OCCCOC)CC1. The average molecular weight is 358 g/mol. The summed E-state index contributed by atoms with van der Waals surface area (Å²) >= 11 is 0. The van der Waals surface area contributed by atoms with Crippen LogP contribution in [0.1, 0.15) is 26.2 Å². The van der Waals surface area contributed by atoms with Crippen molar-refractivity contribution in [3.8, 4) is 0 Å². The molecule has 0 aromatic carbocycles. The number of nitrogens with one attached hydrogen (secondary N) is 2. The molecule has 1 saturated heterocycles. The molecule has 2 N–H and O–H groups in total. The number of ether oxygens (including phenoxy) is 3. The number of aliphatic imine (C=N–C) groups is 1. The van der Waals surface area contributed by atoms with Crippen LogP contribution in [0.5, 0.6) is 0 Å². The molecule has 0 radical (unpaired) electrons. The molecule has 1 rings (SSSR count). The topological polar surface area (TPSA) is 84.4 Å². The third-order valence-corrected chi connectivity index (χ3v) is 3.92. The van der Waals surface area contributed by atoms with Gasteiger partial charge in [-0.1, -0.05) is 0 Å². The Morgan fingerprint density at radius 3 is 2.48 bits per heavy atom. The number of methoxy groups -OCH3 is 2. The maximum atomic E-state index is 11.8. The fourth-order valence-corrected chi connectivity index (χ4v) is 2.61. The third-order valence-electron chi connectivity index (χ3n) is 3.92. The molecule has 0 spiro atoms. The zero-order valence-electron chi connectivity index (χ0n) is 15.9. The van der Waals surface area contributed by atoms with Gasteiger partial charge in [-0.05, 0) is 26.2 Å². The summed E-state index contributed by atoms with van der Waals surface area (Å²) in [5.41, 5.74) is 0. The van der Waals surface area contributed by atoms with Gasteiger partial charge in [-0.25, -0.2) is 4.99 Å². The Balaban J connectivity index is 2.36. The highest BCUT2D eigenvalue weighted by Gasteiger charge is 2.21. The minimum Gasteiger partial charge on any atom is -0.385 e. The van der Waals surface area contributed by atoms with E-state index in [1.165, 1.54) is 0 Å². The predicted octanol–water partition coefficient (Wildman–Crippen LogP) is 0.232. The van der Waals surface area contributed by atoms with E-state index in [4.69, 9.17) is 14.2 Å². The summed E-state index contributed by atoms with van der Waals surface area (Å²) in [6, 6.07) is 0. The maximum absolute atomic E-state index is 11.8. The lowest BCUT2D eigenvalue weighted by Crippen LogP contribution is -2.47. The van der Waals surface area contributed by atoms with Gasteiger partial charge >= 0.3 is 0 Å². The fourth-order valence-electron chi connectivity index (χ4n) is 2.61. The standard InChI is InChI=1S/C17H34N4O4/c1-4-18-17(20-14-16(22)19-8-13-24-3)21-9-6-15(7-10-21)25-12-5-11-23-2/h15H,4-14H2,1-3H3,(H,18,20)(H,19,22). The first-order valence-corrected chi connectivity index (χ1v) is 9.10. The molecule has 1 aliphatic rings. The summed E-state index contributed by atoms with van der Waals surface area (Å²) < 4.78 is 15.8. The Morgan fingerprint density at radius 2 is 1.84 bits per heavy atom. The monoisotopic (exact) mass is 358 g/mol. The van der Waals surface area contributed by atoms with Crippen molar-refractivity contribution in [3.05, 3.63) is 0 Å². The zero-order chi connectivity index (χ0) is 18.3. The van der Waals surface area contributed by atoms with Crippen LogP contribution in [0.2, 0.25) is 0 Å². The summed E-state index contributed by atoms with van der Waals surface area (Å²) in [7, 11) is 3.32. The van der Waals surface area contributed by atoms with Crippen LogP contribution in [-0.2, 0) is 19.0 Å².